The van der Waals surface area contributed by atoms with Crippen molar-refractivity contribution in [2.75, 3.05) is 20.1 Å². The van der Waals surface area contributed by atoms with Gasteiger partial charge in [-0.15, -0.1) is 23.7 Å². The number of hydrogen-bond donors (Lipinski definition) is 2. The lowest BCUT2D eigenvalue weighted by atomic mass is 10.00. The maximum Gasteiger partial charge on any atom is 0.261 e. The second-order valence-corrected chi connectivity index (χ2v) is 6.32. The first kappa shape index (κ1) is 17.5. The first-order chi connectivity index (χ1) is 9.31. The quantitative estimate of drug-likeness (QED) is 0.819. The number of carbonyl (C=O) groups is 1. The molecular weight excluding hydrogens is 292 g/mol. The second kappa shape index (κ2) is 9.37. The molecule has 1 aromatic rings. The number of amides is 1. The number of halogens is 1. The van der Waals surface area contributed by atoms with E-state index >= 15 is 0 Å². The summed E-state index contributed by atoms with van der Waals surface area (Å²) in [4.78, 5) is 14.4. The molecule has 1 amide bonds. The van der Waals surface area contributed by atoms with Gasteiger partial charge in [0.1, 0.15) is 0 Å². The van der Waals surface area contributed by atoms with E-state index in [2.05, 4.69) is 16.7 Å². The van der Waals surface area contributed by atoms with E-state index in [-0.39, 0.29) is 18.3 Å². The van der Waals surface area contributed by atoms with Crippen molar-refractivity contribution in [3.63, 3.8) is 0 Å². The molecule has 1 aliphatic carbocycles. The molecule has 0 radical (unpaired) electrons. The van der Waals surface area contributed by atoms with Crippen LogP contribution in [0.2, 0.25) is 0 Å². The summed E-state index contributed by atoms with van der Waals surface area (Å²) >= 11 is 1.70. The predicted octanol–water partition coefficient (Wildman–Crippen LogP) is 3.17. The molecule has 2 N–H and O–H groups in total. The molecule has 0 spiro atoms. The summed E-state index contributed by atoms with van der Waals surface area (Å²) in [5.41, 5.74) is 1.42. The predicted molar refractivity (Wildman–Crippen MR) is 88.3 cm³/mol. The van der Waals surface area contributed by atoms with Gasteiger partial charge in [0.2, 0.25) is 0 Å². The van der Waals surface area contributed by atoms with E-state index < -0.39 is 0 Å². The van der Waals surface area contributed by atoms with Crippen molar-refractivity contribution >= 4 is 29.7 Å². The average molecular weight is 317 g/mol. The van der Waals surface area contributed by atoms with Gasteiger partial charge < -0.3 is 10.6 Å². The van der Waals surface area contributed by atoms with Crippen molar-refractivity contribution in [2.45, 2.75) is 44.9 Å². The summed E-state index contributed by atoms with van der Waals surface area (Å²) in [6, 6.07) is 2.12. The summed E-state index contributed by atoms with van der Waals surface area (Å²) in [6.45, 7) is 1.70. The smallest absolute Gasteiger partial charge is 0.261 e. The monoisotopic (exact) mass is 316 g/mol. The Morgan fingerprint density at radius 3 is 2.70 bits per heavy atom. The number of rotatable bonds is 5. The lowest BCUT2D eigenvalue weighted by Crippen LogP contribution is -2.25. The van der Waals surface area contributed by atoms with Crippen LogP contribution >= 0.6 is 23.7 Å². The topological polar surface area (TPSA) is 41.1 Å². The molecule has 5 heteroatoms. The standard InChI is InChI=1S/C15H24N2OS.ClH/c1-16-9-6-10-17-15(18)14-11-12-7-4-2-3-5-8-13(12)19-14;/h11,16H,2-10H2,1H3,(H,17,18);1H. The number of thiophene rings is 1. The molecule has 3 nitrogen and oxygen atoms in total. The van der Waals surface area contributed by atoms with Crippen LogP contribution in [0.1, 0.15) is 52.2 Å². The Morgan fingerprint density at radius 1 is 1.20 bits per heavy atom. The molecule has 1 aromatic heterocycles. The zero-order chi connectivity index (χ0) is 13.5. The fourth-order valence-corrected chi connectivity index (χ4v) is 3.68. The van der Waals surface area contributed by atoms with E-state index in [0.29, 0.717) is 0 Å². The van der Waals surface area contributed by atoms with Crippen LogP contribution in [0.5, 0.6) is 0 Å². The lowest BCUT2D eigenvalue weighted by molar-refractivity contribution is 0.0957. The van der Waals surface area contributed by atoms with Crippen molar-refractivity contribution in [2.24, 2.45) is 0 Å². The Labute approximate surface area is 131 Å². The summed E-state index contributed by atoms with van der Waals surface area (Å²) < 4.78 is 0. The molecule has 0 saturated heterocycles. The van der Waals surface area contributed by atoms with Gasteiger partial charge in [-0.2, -0.15) is 0 Å². The van der Waals surface area contributed by atoms with Gasteiger partial charge in [-0.05, 0) is 57.3 Å². The highest BCUT2D eigenvalue weighted by Crippen LogP contribution is 2.28. The Balaban J connectivity index is 0.00000200. The summed E-state index contributed by atoms with van der Waals surface area (Å²) in [7, 11) is 1.93. The molecule has 2 rings (SSSR count). The highest BCUT2D eigenvalue weighted by Gasteiger charge is 2.15. The van der Waals surface area contributed by atoms with Crippen molar-refractivity contribution < 1.29 is 4.79 Å². The fraction of sp³-hybridized carbons (Fsp3) is 0.667. The summed E-state index contributed by atoms with van der Waals surface area (Å²) in [5.74, 6) is 0.104. The van der Waals surface area contributed by atoms with Crippen LogP contribution in [0.15, 0.2) is 6.07 Å². The van der Waals surface area contributed by atoms with E-state index in [1.807, 2.05) is 7.05 Å². The fourth-order valence-electron chi connectivity index (χ4n) is 2.51. The van der Waals surface area contributed by atoms with Gasteiger partial charge in [-0.1, -0.05) is 12.8 Å². The van der Waals surface area contributed by atoms with Crippen LogP contribution in [-0.4, -0.2) is 26.0 Å². The number of nitrogens with one attached hydrogen (secondary N) is 2. The summed E-state index contributed by atoms with van der Waals surface area (Å²) in [6.07, 6.45) is 8.51. The molecule has 0 aliphatic heterocycles. The number of carbonyl (C=O) groups excluding carboxylic acids is 1. The zero-order valence-corrected chi connectivity index (χ0v) is 13.8. The molecule has 0 atom stereocenters. The van der Waals surface area contributed by atoms with E-state index in [1.54, 1.807) is 11.3 Å². The van der Waals surface area contributed by atoms with Gasteiger partial charge in [0.15, 0.2) is 0 Å². The van der Waals surface area contributed by atoms with Gasteiger partial charge in [-0.25, -0.2) is 0 Å². The third-order valence-corrected chi connectivity index (χ3v) is 4.85. The zero-order valence-electron chi connectivity index (χ0n) is 12.2. The maximum atomic E-state index is 12.1. The third-order valence-electron chi connectivity index (χ3n) is 3.61. The molecule has 114 valence electrons. The van der Waals surface area contributed by atoms with E-state index in [4.69, 9.17) is 0 Å². The first-order valence-electron chi connectivity index (χ1n) is 7.35. The van der Waals surface area contributed by atoms with Crippen LogP contribution in [0, 0.1) is 0 Å². The Morgan fingerprint density at radius 2 is 1.95 bits per heavy atom. The molecule has 0 unspecified atom stereocenters. The minimum absolute atomic E-state index is 0. The molecule has 0 aromatic carbocycles. The van der Waals surface area contributed by atoms with Crippen LogP contribution in [0.4, 0.5) is 0 Å². The third kappa shape index (κ3) is 5.08. The second-order valence-electron chi connectivity index (χ2n) is 5.19. The molecular formula is C15H25ClN2OS. The van der Waals surface area contributed by atoms with E-state index in [9.17, 15) is 4.79 Å². The Kier molecular flexibility index (Phi) is 8.19. The van der Waals surface area contributed by atoms with Gasteiger partial charge in [0, 0.05) is 11.4 Å². The van der Waals surface area contributed by atoms with Crippen molar-refractivity contribution in [1.82, 2.24) is 10.6 Å². The van der Waals surface area contributed by atoms with Crippen molar-refractivity contribution in [3.05, 3.63) is 21.4 Å². The van der Waals surface area contributed by atoms with Crippen LogP contribution in [0.3, 0.4) is 0 Å². The SMILES string of the molecule is CNCCCNC(=O)c1cc2c(s1)CCCCCC2.Cl. The lowest BCUT2D eigenvalue weighted by Gasteiger charge is -2.07. The highest BCUT2D eigenvalue weighted by molar-refractivity contribution is 7.14. The molecule has 20 heavy (non-hydrogen) atoms. The normalized spacial score (nSPS) is 14.7. The van der Waals surface area contributed by atoms with Gasteiger partial charge >= 0.3 is 0 Å². The maximum absolute atomic E-state index is 12.1. The first-order valence-corrected chi connectivity index (χ1v) is 8.17. The van der Waals surface area contributed by atoms with Crippen molar-refractivity contribution in [3.8, 4) is 0 Å². The van der Waals surface area contributed by atoms with Crippen LogP contribution in [-0.2, 0) is 12.8 Å². The van der Waals surface area contributed by atoms with E-state index in [0.717, 1.165) is 37.2 Å². The largest absolute Gasteiger partial charge is 0.351 e. The number of fused-ring (bicyclic) bond motifs is 1. The minimum Gasteiger partial charge on any atom is -0.351 e. The molecule has 0 fully saturated rings. The number of hydrogen-bond acceptors (Lipinski definition) is 3. The van der Waals surface area contributed by atoms with E-state index in [1.165, 1.54) is 36.1 Å². The highest BCUT2D eigenvalue weighted by atomic mass is 35.5. The van der Waals surface area contributed by atoms with Crippen LogP contribution in [0.25, 0.3) is 0 Å². The average Bonchev–Trinajstić information content (AvgIpc) is 2.77. The van der Waals surface area contributed by atoms with Gasteiger partial charge in [0.05, 0.1) is 4.88 Å². The van der Waals surface area contributed by atoms with Gasteiger partial charge in [0.25, 0.3) is 5.91 Å². The number of aryl methyl sites for hydroxylation is 2. The molecule has 1 heterocycles. The molecule has 1 aliphatic rings. The van der Waals surface area contributed by atoms with Crippen molar-refractivity contribution in [1.29, 1.82) is 0 Å². The van der Waals surface area contributed by atoms with Crippen LogP contribution < -0.4 is 10.6 Å². The molecule has 0 saturated carbocycles. The van der Waals surface area contributed by atoms with Gasteiger partial charge in [-0.3, -0.25) is 4.79 Å². The Bertz CT molecular complexity index is 395. The molecule has 0 bridgehead atoms. The Hall–Kier alpha value is -0.580. The summed E-state index contributed by atoms with van der Waals surface area (Å²) in [5, 5.41) is 6.09. The minimum atomic E-state index is 0.